The van der Waals surface area contributed by atoms with Gasteiger partial charge >= 0.3 is 0 Å². The molecule has 0 unspecified atom stereocenters. The van der Waals surface area contributed by atoms with Crippen LogP contribution in [0.3, 0.4) is 0 Å². The van der Waals surface area contributed by atoms with E-state index in [0.29, 0.717) is 0 Å². The zero-order chi connectivity index (χ0) is 26.6. The summed E-state index contributed by atoms with van der Waals surface area (Å²) in [5, 5.41) is 0. The van der Waals surface area contributed by atoms with Gasteiger partial charge in [-0.15, -0.1) is 0 Å². The SMILES string of the molecule is CCCCN(CCCC)[Si](C)(C)N(CCCC)CCCC.CCN(CC)[Si](C)(C)N(CC)CC. The third-order valence-corrected chi connectivity index (χ3v) is 16.1. The second kappa shape index (κ2) is 21.4. The Morgan fingerprint density at radius 1 is 0.353 bits per heavy atom. The maximum Gasteiger partial charge on any atom is 0.200 e. The molecule has 0 aromatic rings. The molecule has 4 nitrogen and oxygen atoms in total. The van der Waals surface area contributed by atoms with Gasteiger partial charge in [0, 0.05) is 0 Å². The van der Waals surface area contributed by atoms with Crippen molar-refractivity contribution in [3.63, 3.8) is 0 Å². The molecule has 0 aromatic heterocycles. The molecule has 0 spiro atoms. The summed E-state index contributed by atoms with van der Waals surface area (Å²) < 4.78 is 11.0. The van der Waals surface area contributed by atoms with Crippen LogP contribution in [0.15, 0.2) is 0 Å². The molecule has 0 aliphatic heterocycles. The van der Waals surface area contributed by atoms with Crippen LogP contribution < -0.4 is 0 Å². The van der Waals surface area contributed by atoms with Crippen molar-refractivity contribution in [2.45, 2.75) is 133 Å². The lowest BCUT2D eigenvalue weighted by Crippen LogP contribution is -2.62. The van der Waals surface area contributed by atoms with Gasteiger partial charge in [0.05, 0.1) is 0 Å². The Labute approximate surface area is 220 Å². The molecule has 0 rings (SSSR count). The van der Waals surface area contributed by atoms with Gasteiger partial charge in [-0.3, -0.25) is 0 Å². The van der Waals surface area contributed by atoms with E-state index in [1.165, 1.54) is 104 Å². The zero-order valence-electron chi connectivity index (χ0n) is 26.1. The van der Waals surface area contributed by atoms with Crippen LogP contribution in [0.1, 0.15) is 107 Å². The maximum absolute atomic E-state index is 2.88. The molecule has 0 radical (unpaired) electrons. The van der Waals surface area contributed by atoms with E-state index < -0.39 is 16.8 Å². The molecule has 0 bridgehead atoms. The Bertz CT molecular complexity index is 386. The molecule has 0 aliphatic rings. The molecule has 0 N–H and O–H groups in total. The Morgan fingerprint density at radius 3 is 0.735 bits per heavy atom. The van der Waals surface area contributed by atoms with E-state index in [1.807, 2.05) is 0 Å². The molecule has 6 heteroatoms. The predicted octanol–water partition coefficient (Wildman–Crippen LogP) is 7.86. The van der Waals surface area contributed by atoms with Crippen LogP contribution in [0, 0.1) is 0 Å². The minimum absolute atomic E-state index is 1.19. The highest BCUT2D eigenvalue weighted by molar-refractivity contribution is 6.72. The lowest BCUT2D eigenvalue weighted by atomic mass is 10.3. The molecule has 34 heavy (non-hydrogen) atoms. The Balaban J connectivity index is 0. The smallest absolute Gasteiger partial charge is 0.200 e. The van der Waals surface area contributed by atoms with Gasteiger partial charge in [-0.05, 0) is 104 Å². The fraction of sp³-hybridized carbons (Fsp3) is 1.00. The van der Waals surface area contributed by atoms with Gasteiger partial charge in [0.2, 0.25) is 0 Å². The first-order valence-corrected chi connectivity index (χ1v) is 20.9. The third kappa shape index (κ3) is 13.5. The second-order valence-electron chi connectivity index (χ2n) is 10.7. The van der Waals surface area contributed by atoms with Gasteiger partial charge in [0.25, 0.3) is 0 Å². The highest BCUT2D eigenvalue weighted by Gasteiger charge is 2.35. The Morgan fingerprint density at radius 2 is 0.559 bits per heavy atom. The highest BCUT2D eigenvalue weighted by Crippen LogP contribution is 2.19. The monoisotopic (exact) mass is 516 g/mol. The zero-order valence-corrected chi connectivity index (χ0v) is 28.1. The molecule has 0 saturated carbocycles. The van der Waals surface area contributed by atoms with Crippen LogP contribution in [-0.2, 0) is 0 Å². The van der Waals surface area contributed by atoms with Crippen LogP contribution >= 0.6 is 0 Å². The quantitative estimate of drug-likeness (QED) is 0.153. The van der Waals surface area contributed by atoms with E-state index in [1.54, 1.807) is 0 Å². The fourth-order valence-corrected chi connectivity index (χ4v) is 11.8. The van der Waals surface area contributed by atoms with E-state index in [2.05, 4.69) is 99.8 Å². The largest absolute Gasteiger partial charge is 0.312 e. The van der Waals surface area contributed by atoms with Crippen molar-refractivity contribution < 1.29 is 0 Å². The number of rotatable bonds is 20. The molecule has 0 amide bonds. The normalized spacial score (nSPS) is 12.7. The minimum atomic E-state index is -1.44. The topological polar surface area (TPSA) is 13.0 Å². The maximum atomic E-state index is 2.88. The second-order valence-corrected chi connectivity index (χ2v) is 19.2. The van der Waals surface area contributed by atoms with Gasteiger partial charge < -0.3 is 18.3 Å². The van der Waals surface area contributed by atoms with Crippen LogP contribution in [0.2, 0.25) is 26.2 Å². The molecular weight excluding hydrogens is 449 g/mol. The lowest BCUT2D eigenvalue weighted by molar-refractivity contribution is 0.311. The summed E-state index contributed by atoms with van der Waals surface area (Å²) >= 11 is 0. The first-order valence-electron chi connectivity index (χ1n) is 15.1. The molecular formula is C28H68N4Si2. The summed E-state index contributed by atoms with van der Waals surface area (Å²) in [6.45, 7) is 38.4. The molecule has 0 atom stereocenters. The molecule has 0 saturated heterocycles. The summed E-state index contributed by atoms with van der Waals surface area (Å²) in [4.78, 5) is 0. The minimum Gasteiger partial charge on any atom is -0.312 e. The summed E-state index contributed by atoms with van der Waals surface area (Å²) in [5.41, 5.74) is 0. The van der Waals surface area contributed by atoms with E-state index in [9.17, 15) is 0 Å². The van der Waals surface area contributed by atoms with Crippen molar-refractivity contribution in [2.24, 2.45) is 0 Å². The Hall–Kier alpha value is 0.274. The molecule has 0 heterocycles. The van der Waals surface area contributed by atoms with Gasteiger partial charge in [0.1, 0.15) is 0 Å². The van der Waals surface area contributed by atoms with Gasteiger partial charge in [-0.2, -0.15) is 0 Å². The number of nitrogens with zero attached hydrogens (tertiary/aromatic N) is 4. The van der Waals surface area contributed by atoms with E-state index in [4.69, 9.17) is 0 Å². The molecule has 0 aliphatic carbocycles. The summed E-state index contributed by atoms with van der Waals surface area (Å²) in [5.74, 6) is 0. The van der Waals surface area contributed by atoms with Crippen LogP contribution in [0.5, 0.6) is 0 Å². The van der Waals surface area contributed by atoms with Crippen molar-refractivity contribution >= 4 is 16.8 Å². The van der Waals surface area contributed by atoms with Crippen molar-refractivity contribution in [3.8, 4) is 0 Å². The number of hydrogen-bond donors (Lipinski definition) is 0. The number of unbranched alkanes of at least 4 members (excludes halogenated alkanes) is 4. The first kappa shape index (κ1) is 36.4. The van der Waals surface area contributed by atoms with Gasteiger partial charge in [-0.25, -0.2) is 0 Å². The van der Waals surface area contributed by atoms with Crippen LogP contribution in [0.25, 0.3) is 0 Å². The van der Waals surface area contributed by atoms with Crippen molar-refractivity contribution in [1.29, 1.82) is 0 Å². The lowest BCUT2D eigenvalue weighted by Gasteiger charge is -2.45. The fourth-order valence-electron chi connectivity index (χ4n) is 5.11. The average molecular weight is 517 g/mol. The first-order chi connectivity index (χ1) is 16.1. The average Bonchev–Trinajstić information content (AvgIpc) is 2.80. The van der Waals surface area contributed by atoms with Crippen LogP contribution in [-0.4, -0.2) is 87.4 Å². The molecule has 0 fully saturated rings. The van der Waals surface area contributed by atoms with Crippen LogP contribution in [0.4, 0.5) is 0 Å². The van der Waals surface area contributed by atoms with E-state index in [-0.39, 0.29) is 0 Å². The van der Waals surface area contributed by atoms with Crippen molar-refractivity contribution in [2.75, 3.05) is 52.4 Å². The highest BCUT2D eigenvalue weighted by atomic mass is 28.4. The summed E-state index contributed by atoms with van der Waals surface area (Å²) in [6, 6.07) is 0. The van der Waals surface area contributed by atoms with E-state index >= 15 is 0 Å². The van der Waals surface area contributed by atoms with Crippen molar-refractivity contribution in [3.05, 3.63) is 0 Å². The molecule has 208 valence electrons. The van der Waals surface area contributed by atoms with Gasteiger partial charge in [0.15, 0.2) is 16.8 Å². The third-order valence-electron chi connectivity index (χ3n) is 7.75. The van der Waals surface area contributed by atoms with Crippen molar-refractivity contribution in [1.82, 2.24) is 18.3 Å². The Kier molecular flexibility index (Phi) is 22.9. The predicted molar refractivity (Wildman–Crippen MR) is 164 cm³/mol. The van der Waals surface area contributed by atoms with Gasteiger partial charge in [-0.1, -0.05) is 81.1 Å². The summed E-state index contributed by atoms with van der Waals surface area (Å²) in [7, 11) is -2.74. The summed E-state index contributed by atoms with van der Waals surface area (Å²) in [6.07, 6.45) is 10.7. The number of hydrogen-bond acceptors (Lipinski definition) is 4. The standard InChI is InChI=1S/C18H42N2Si.C10H26N2Si/c1-7-11-15-19(16-12-8-2)21(5,6)20(17-13-9-3)18-14-10-4;1-7-11(8-2)13(5,6)12(9-3)10-4/h7-18H2,1-6H3;7-10H2,1-6H3. The van der Waals surface area contributed by atoms with E-state index in [0.717, 1.165) is 0 Å². The molecule has 0 aromatic carbocycles.